The van der Waals surface area contributed by atoms with E-state index in [0.29, 0.717) is 0 Å². The summed E-state index contributed by atoms with van der Waals surface area (Å²) in [5.41, 5.74) is 11.3. The number of fused-ring (bicyclic) bond motifs is 6. The van der Waals surface area contributed by atoms with Crippen LogP contribution in [0.2, 0.25) is 0 Å². The molecular weight excluding hydrogens is 544 g/mol. The molecule has 9 rings (SSSR count). The van der Waals surface area contributed by atoms with E-state index < -0.39 is 0 Å². The maximum atomic E-state index is 6.45. The van der Waals surface area contributed by atoms with Gasteiger partial charge < -0.3 is 4.42 Å². The molecule has 210 valence electrons. The highest BCUT2D eigenvalue weighted by molar-refractivity contribution is 6.14. The van der Waals surface area contributed by atoms with E-state index in [-0.39, 0.29) is 0 Å². The van der Waals surface area contributed by atoms with Crippen LogP contribution >= 0.6 is 0 Å². The molecule has 0 saturated heterocycles. The van der Waals surface area contributed by atoms with Crippen LogP contribution in [0.1, 0.15) is 0 Å². The Hall–Kier alpha value is -5.92. The minimum absolute atomic E-state index is 0.899. The van der Waals surface area contributed by atoms with Crippen molar-refractivity contribution < 1.29 is 4.42 Å². The zero-order chi connectivity index (χ0) is 29.7. The lowest BCUT2D eigenvalue weighted by molar-refractivity contribution is 0.669. The molecular formula is C44H28O. The Balaban J connectivity index is 1.24. The summed E-state index contributed by atoms with van der Waals surface area (Å²) in [5, 5.41) is 7.35. The van der Waals surface area contributed by atoms with E-state index in [2.05, 4.69) is 170 Å². The van der Waals surface area contributed by atoms with Gasteiger partial charge in [-0.25, -0.2) is 0 Å². The molecule has 1 nitrogen and oxygen atoms in total. The number of hydrogen-bond acceptors (Lipinski definition) is 1. The number of rotatable bonds is 4. The second-order valence-corrected chi connectivity index (χ2v) is 11.7. The highest BCUT2D eigenvalue weighted by Gasteiger charge is 2.16. The number of furan rings is 1. The molecule has 0 aliphatic carbocycles. The van der Waals surface area contributed by atoms with Gasteiger partial charge in [-0.05, 0) is 109 Å². The van der Waals surface area contributed by atoms with Crippen LogP contribution in [0.3, 0.4) is 0 Å². The molecule has 0 spiro atoms. The zero-order valence-corrected chi connectivity index (χ0v) is 24.6. The Kier molecular flexibility index (Phi) is 5.89. The van der Waals surface area contributed by atoms with Crippen molar-refractivity contribution in [1.82, 2.24) is 0 Å². The van der Waals surface area contributed by atoms with Crippen LogP contribution in [0.25, 0.3) is 88.0 Å². The molecule has 1 heterocycles. The summed E-state index contributed by atoms with van der Waals surface area (Å²) in [6.07, 6.45) is 0. The molecule has 0 fully saturated rings. The number of hydrogen-bond donors (Lipinski definition) is 0. The van der Waals surface area contributed by atoms with Gasteiger partial charge in [-0.15, -0.1) is 0 Å². The predicted molar refractivity (Wildman–Crippen MR) is 190 cm³/mol. The van der Waals surface area contributed by atoms with Gasteiger partial charge in [0.1, 0.15) is 11.2 Å². The smallest absolute Gasteiger partial charge is 0.136 e. The minimum atomic E-state index is 0.899. The summed E-state index contributed by atoms with van der Waals surface area (Å²) >= 11 is 0. The lowest BCUT2D eigenvalue weighted by atomic mass is 9.91. The third-order valence-corrected chi connectivity index (χ3v) is 9.03. The maximum Gasteiger partial charge on any atom is 0.136 e. The molecule has 0 unspecified atom stereocenters. The summed E-state index contributed by atoms with van der Waals surface area (Å²) < 4.78 is 6.45. The average molecular weight is 573 g/mol. The lowest BCUT2D eigenvalue weighted by Crippen LogP contribution is -1.87. The number of benzene rings is 8. The first kappa shape index (κ1) is 25.6. The fourth-order valence-electron chi connectivity index (χ4n) is 6.82. The zero-order valence-electron chi connectivity index (χ0n) is 24.6. The largest absolute Gasteiger partial charge is 0.456 e. The van der Waals surface area contributed by atoms with E-state index in [9.17, 15) is 0 Å². The van der Waals surface area contributed by atoms with Crippen LogP contribution in [-0.2, 0) is 0 Å². The van der Waals surface area contributed by atoms with Crippen LogP contribution in [-0.4, -0.2) is 0 Å². The summed E-state index contributed by atoms with van der Waals surface area (Å²) in [5.74, 6) is 0. The molecule has 0 N–H and O–H groups in total. The molecule has 0 bridgehead atoms. The standard InChI is InChI=1S/C44H28O/c1-3-10-29(11-4-1)35-25-36(30-12-5-2-6-13-30)27-37(26-35)40-16-9-17-43-44(40)41-28-33(21-23-42(41)45-43)32-20-22-39-34(24-32)19-18-31-14-7-8-15-38(31)39/h1-28H. The van der Waals surface area contributed by atoms with Crippen LogP contribution in [0.15, 0.2) is 174 Å². The van der Waals surface area contributed by atoms with Crippen molar-refractivity contribution in [2.75, 3.05) is 0 Å². The van der Waals surface area contributed by atoms with Crippen molar-refractivity contribution in [2.24, 2.45) is 0 Å². The van der Waals surface area contributed by atoms with Gasteiger partial charge in [0, 0.05) is 10.8 Å². The van der Waals surface area contributed by atoms with Gasteiger partial charge >= 0.3 is 0 Å². The first-order valence-electron chi connectivity index (χ1n) is 15.4. The first-order valence-corrected chi connectivity index (χ1v) is 15.4. The van der Waals surface area contributed by atoms with E-state index in [1.165, 1.54) is 66.1 Å². The van der Waals surface area contributed by atoms with E-state index in [1.807, 2.05) is 0 Å². The summed E-state index contributed by atoms with van der Waals surface area (Å²) in [7, 11) is 0. The van der Waals surface area contributed by atoms with E-state index in [0.717, 1.165) is 21.9 Å². The Bertz CT molecular complexity index is 2460. The third kappa shape index (κ3) is 4.41. The Morgan fingerprint density at radius 2 is 0.911 bits per heavy atom. The fraction of sp³-hybridized carbons (Fsp3) is 0. The van der Waals surface area contributed by atoms with Gasteiger partial charge in [0.2, 0.25) is 0 Å². The van der Waals surface area contributed by atoms with Crippen molar-refractivity contribution in [2.45, 2.75) is 0 Å². The first-order chi connectivity index (χ1) is 22.3. The summed E-state index contributed by atoms with van der Waals surface area (Å²) in [4.78, 5) is 0. The SMILES string of the molecule is c1ccc(-c2cc(-c3ccccc3)cc(-c3cccc4oc5ccc(-c6ccc7c(ccc8ccccc87)c6)cc5c34)c2)cc1. The molecule has 0 aliphatic rings. The average Bonchev–Trinajstić information content (AvgIpc) is 3.50. The van der Waals surface area contributed by atoms with Gasteiger partial charge in [-0.3, -0.25) is 0 Å². The van der Waals surface area contributed by atoms with Crippen molar-refractivity contribution >= 4 is 43.5 Å². The molecule has 0 amide bonds. The van der Waals surface area contributed by atoms with Gasteiger partial charge in [0.05, 0.1) is 0 Å². The predicted octanol–water partition coefficient (Wildman–Crippen LogP) is 12.6. The highest BCUT2D eigenvalue weighted by Crippen LogP contribution is 2.41. The molecule has 1 heteroatoms. The van der Waals surface area contributed by atoms with E-state index in [1.54, 1.807) is 0 Å². The summed E-state index contributed by atoms with van der Waals surface area (Å²) in [6, 6.07) is 61.1. The molecule has 9 aromatic rings. The molecule has 0 atom stereocenters. The second kappa shape index (κ2) is 10.4. The molecule has 1 aromatic heterocycles. The van der Waals surface area contributed by atoms with Gasteiger partial charge in [0.15, 0.2) is 0 Å². The molecule has 45 heavy (non-hydrogen) atoms. The van der Waals surface area contributed by atoms with Gasteiger partial charge in [-0.2, -0.15) is 0 Å². The van der Waals surface area contributed by atoms with Crippen LogP contribution in [0, 0.1) is 0 Å². The van der Waals surface area contributed by atoms with Crippen molar-refractivity contribution in [3.05, 3.63) is 170 Å². The molecule has 8 aromatic carbocycles. The lowest BCUT2D eigenvalue weighted by Gasteiger charge is -2.12. The third-order valence-electron chi connectivity index (χ3n) is 9.03. The van der Waals surface area contributed by atoms with Gasteiger partial charge in [0.25, 0.3) is 0 Å². The van der Waals surface area contributed by atoms with Crippen molar-refractivity contribution in [1.29, 1.82) is 0 Å². The van der Waals surface area contributed by atoms with E-state index >= 15 is 0 Å². The Morgan fingerprint density at radius 1 is 0.289 bits per heavy atom. The topological polar surface area (TPSA) is 13.1 Å². The highest BCUT2D eigenvalue weighted by atomic mass is 16.3. The molecule has 0 aliphatic heterocycles. The van der Waals surface area contributed by atoms with Crippen molar-refractivity contribution in [3.63, 3.8) is 0 Å². The minimum Gasteiger partial charge on any atom is -0.456 e. The molecule has 0 radical (unpaired) electrons. The normalized spacial score (nSPS) is 11.6. The van der Waals surface area contributed by atoms with E-state index in [4.69, 9.17) is 4.42 Å². The quantitative estimate of drug-likeness (QED) is 0.191. The second-order valence-electron chi connectivity index (χ2n) is 11.7. The van der Waals surface area contributed by atoms with Crippen LogP contribution < -0.4 is 0 Å². The van der Waals surface area contributed by atoms with Crippen molar-refractivity contribution in [3.8, 4) is 44.5 Å². The van der Waals surface area contributed by atoms with Crippen LogP contribution in [0.5, 0.6) is 0 Å². The maximum absolute atomic E-state index is 6.45. The summed E-state index contributed by atoms with van der Waals surface area (Å²) in [6.45, 7) is 0. The Morgan fingerprint density at radius 3 is 1.69 bits per heavy atom. The molecule has 0 saturated carbocycles. The van der Waals surface area contributed by atoms with Gasteiger partial charge in [-0.1, -0.05) is 127 Å². The van der Waals surface area contributed by atoms with Crippen LogP contribution in [0.4, 0.5) is 0 Å². The monoisotopic (exact) mass is 572 g/mol. The fourth-order valence-corrected chi connectivity index (χ4v) is 6.82. The Labute approximate surface area is 261 Å².